The van der Waals surface area contributed by atoms with Crippen LogP contribution in [0.5, 0.6) is 0 Å². The lowest BCUT2D eigenvalue weighted by Gasteiger charge is -2.03. The molecule has 0 amide bonds. The molecular weight excluding hydrogens is 190 g/mol. The zero-order chi connectivity index (χ0) is 10.7. The molecule has 0 spiro atoms. The van der Waals surface area contributed by atoms with Crippen LogP contribution in [0.15, 0.2) is 4.52 Å². The zero-order valence-corrected chi connectivity index (χ0v) is 9.49. The smallest absolute Gasteiger partial charge is 0.226 e. The van der Waals surface area contributed by atoms with E-state index in [2.05, 4.69) is 29.3 Å². The van der Waals surface area contributed by atoms with Gasteiger partial charge >= 0.3 is 0 Å². The van der Waals surface area contributed by atoms with E-state index in [0.29, 0.717) is 12.0 Å². The third-order valence-electron chi connectivity index (χ3n) is 3.08. The number of rotatable bonds is 4. The van der Waals surface area contributed by atoms with Gasteiger partial charge in [0, 0.05) is 6.42 Å². The van der Waals surface area contributed by atoms with E-state index < -0.39 is 0 Å². The Balaban J connectivity index is 1.97. The first-order chi connectivity index (χ1) is 7.29. The topological polar surface area (TPSA) is 51.0 Å². The summed E-state index contributed by atoms with van der Waals surface area (Å²) in [4.78, 5) is 4.44. The molecule has 2 atom stereocenters. The Hall–Kier alpha value is -0.900. The first-order valence-electron chi connectivity index (χ1n) is 5.85. The van der Waals surface area contributed by atoms with E-state index in [-0.39, 0.29) is 0 Å². The molecule has 15 heavy (non-hydrogen) atoms. The van der Waals surface area contributed by atoms with Crippen LogP contribution in [0.2, 0.25) is 0 Å². The summed E-state index contributed by atoms with van der Waals surface area (Å²) in [7, 11) is 0. The highest BCUT2D eigenvalue weighted by molar-refractivity contribution is 4.97. The van der Waals surface area contributed by atoms with Crippen LogP contribution in [-0.2, 0) is 6.42 Å². The van der Waals surface area contributed by atoms with Crippen molar-refractivity contribution in [2.45, 2.75) is 45.6 Å². The molecule has 1 aliphatic rings. The Bertz CT molecular complexity index is 305. The van der Waals surface area contributed by atoms with Gasteiger partial charge in [-0.05, 0) is 25.3 Å². The first kappa shape index (κ1) is 10.6. The van der Waals surface area contributed by atoms with E-state index in [0.717, 1.165) is 37.5 Å². The van der Waals surface area contributed by atoms with Crippen LogP contribution in [0.3, 0.4) is 0 Å². The van der Waals surface area contributed by atoms with Crippen molar-refractivity contribution in [2.24, 2.45) is 5.92 Å². The van der Waals surface area contributed by atoms with Gasteiger partial charge in [-0.1, -0.05) is 25.4 Å². The monoisotopic (exact) mass is 209 g/mol. The first-order valence-corrected chi connectivity index (χ1v) is 5.85. The maximum absolute atomic E-state index is 5.25. The minimum Gasteiger partial charge on any atom is -0.339 e. The lowest BCUT2D eigenvalue weighted by atomic mass is 10.1. The molecule has 2 unspecified atom stereocenters. The third kappa shape index (κ3) is 2.56. The Kier molecular flexibility index (Phi) is 3.36. The van der Waals surface area contributed by atoms with Crippen LogP contribution in [-0.4, -0.2) is 16.7 Å². The van der Waals surface area contributed by atoms with Gasteiger partial charge in [-0.15, -0.1) is 0 Å². The number of hydrogen-bond acceptors (Lipinski definition) is 4. The van der Waals surface area contributed by atoms with Crippen LogP contribution >= 0.6 is 0 Å². The van der Waals surface area contributed by atoms with E-state index in [4.69, 9.17) is 4.52 Å². The zero-order valence-electron chi connectivity index (χ0n) is 9.49. The molecule has 4 heteroatoms. The average molecular weight is 209 g/mol. The average Bonchev–Trinajstić information content (AvgIpc) is 2.85. The van der Waals surface area contributed by atoms with Gasteiger partial charge < -0.3 is 9.84 Å². The minimum absolute atomic E-state index is 0.319. The Labute approximate surface area is 90.4 Å². The van der Waals surface area contributed by atoms with Gasteiger partial charge in [0.2, 0.25) is 5.89 Å². The fraction of sp³-hybridized carbons (Fsp3) is 0.818. The number of nitrogens with zero attached hydrogens (tertiary/aromatic N) is 2. The molecule has 84 valence electrons. The second-order valence-corrected chi connectivity index (χ2v) is 4.41. The molecule has 0 aromatic carbocycles. The van der Waals surface area contributed by atoms with Crippen molar-refractivity contribution in [3.63, 3.8) is 0 Å². The Morgan fingerprint density at radius 1 is 1.60 bits per heavy atom. The summed E-state index contributed by atoms with van der Waals surface area (Å²) < 4.78 is 5.25. The van der Waals surface area contributed by atoms with Gasteiger partial charge in [-0.25, -0.2) is 0 Å². The summed E-state index contributed by atoms with van der Waals surface area (Å²) in [5, 5.41) is 7.41. The quantitative estimate of drug-likeness (QED) is 0.825. The van der Waals surface area contributed by atoms with Crippen molar-refractivity contribution in [1.82, 2.24) is 15.5 Å². The summed E-state index contributed by atoms with van der Waals surface area (Å²) in [6.07, 6.45) is 4.39. The SMILES string of the molecule is CCC(C)Cc1nc(C2CCCN2)no1. The van der Waals surface area contributed by atoms with E-state index in [1.165, 1.54) is 6.42 Å². The molecule has 2 rings (SSSR count). The lowest BCUT2D eigenvalue weighted by molar-refractivity contribution is 0.348. The minimum atomic E-state index is 0.319. The molecule has 0 radical (unpaired) electrons. The fourth-order valence-corrected chi connectivity index (χ4v) is 1.84. The van der Waals surface area contributed by atoms with Crippen LogP contribution in [0.1, 0.15) is 50.9 Å². The highest BCUT2D eigenvalue weighted by Gasteiger charge is 2.21. The van der Waals surface area contributed by atoms with Crippen molar-refractivity contribution in [1.29, 1.82) is 0 Å². The van der Waals surface area contributed by atoms with Crippen molar-refractivity contribution >= 4 is 0 Å². The molecule has 0 aliphatic carbocycles. The fourth-order valence-electron chi connectivity index (χ4n) is 1.84. The van der Waals surface area contributed by atoms with Crippen molar-refractivity contribution in [2.75, 3.05) is 6.54 Å². The maximum Gasteiger partial charge on any atom is 0.226 e. The largest absolute Gasteiger partial charge is 0.339 e. The van der Waals surface area contributed by atoms with Crippen LogP contribution in [0, 0.1) is 5.92 Å². The standard InChI is InChI=1S/C11H19N3O/c1-3-8(2)7-10-13-11(14-15-10)9-5-4-6-12-9/h8-9,12H,3-7H2,1-2H3. The van der Waals surface area contributed by atoms with E-state index in [1.54, 1.807) is 0 Å². The number of aromatic nitrogens is 2. The molecule has 2 heterocycles. The summed E-state index contributed by atoms with van der Waals surface area (Å²) in [6, 6.07) is 0.319. The van der Waals surface area contributed by atoms with Gasteiger partial charge in [0.05, 0.1) is 6.04 Å². The molecule has 1 aromatic rings. The second kappa shape index (κ2) is 4.75. The van der Waals surface area contributed by atoms with Crippen molar-refractivity contribution < 1.29 is 4.52 Å². The summed E-state index contributed by atoms with van der Waals surface area (Å²) in [5.74, 6) is 2.24. The molecule has 1 fully saturated rings. The van der Waals surface area contributed by atoms with E-state index in [9.17, 15) is 0 Å². The maximum atomic E-state index is 5.25. The van der Waals surface area contributed by atoms with Gasteiger partial charge in [0.15, 0.2) is 5.82 Å². The second-order valence-electron chi connectivity index (χ2n) is 4.41. The van der Waals surface area contributed by atoms with Crippen molar-refractivity contribution in [3.05, 3.63) is 11.7 Å². The highest BCUT2D eigenvalue weighted by atomic mass is 16.5. The molecule has 0 saturated carbocycles. The van der Waals surface area contributed by atoms with Crippen molar-refractivity contribution in [3.8, 4) is 0 Å². The summed E-state index contributed by atoms with van der Waals surface area (Å²) in [5.41, 5.74) is 0. The van der Waals surface area contributed by atoms with Gasteiger partial charge in [0.1, 0.15) is 0 Å². The molecule has 1 aromatic heterocycles. The molecule has 4 nitrogen and oxygen atoms in total. The predicted octanol–water partition coefficient (Wildman–Crippen LogP) is 2.08. The third-order valence-corrected chi connectivity index (χ3v) is 3.08. The lowest BCUT2D eigenvalue weighted by Crippen LogP contribution is -2.14. The molecule has 1 aliphatic heterocycles. The Morgan fingerprint density at radius 3 is 3.13 bits per heavy atom. The van der Waals surface area contributed by atoms with Crippen LogP contribution in [0.4, 0.5) is 0 Å². The Morgan fingerprint density at radius 2 is 2.47 bits per heavy atom. The van der Waals surface area contributed by atoms with E-state index in [1.807, 2.05) is 0 Å². The molecular formula is C11H19N3O. The molecule has 0 bridgehead atoms. The van der Waals surface area contributed by atoms with Crippen LogP contribution in [0.25, 0.3) is 0 Å². The summed E-state index contributed by atoms with van der Waals surface area (Å²) >= 11 is 0. The summed E-state index contributed by atoms with van der Waals surface area (Å²) in [6.45, 7) is 5.46. The van der Waals surface area contributed by atoms with Gasteiger partial charge in [-0.3, -0.25) is 0 Å². The van der Waals surface area contributed by atoms with Gasteiger partial charge in [0.25, 0.3) is 0 Å². The predicted molar refractivity (Wildman–Crippen MR) is 57.4 cm³/mol. The normalized spacial score (nSPS) is 23.2. The molecule has 1 saturated heterocycles. The highest BCUT2D eigenvalue weighted by Crippen LogP contribution is 2.20. The number of hydrogen-bond donors (Lipinski definition) is 1. The van der Waals surface area contributed by atoms with Crippen LogP contribution < -0.4 is 5.32 Å². The molecule has 1 N–H and O–H groups in total. The van der Waals surface area contributed by atoms with E-state index >= 15 is 0 Å². The number of nitrogens with one attached hydrogen (secondary N) is 1. The van der Waals surface area contributed by atoms with Gasteiger partial charge in [-0.2, -0.15) is 4.98 Å².